The summed E-state index contributed by atoms with van der Waals surface area (Å²) in [6.45, 7) is 4.20. The predicted octanol–water partition coefficient (Wildman–Crippen LogP) is 17.8. The highest BCUT2D eigenvalue weighted by molar-refractivity contribution is 5.76. The average molecular weight is 864 g/mol. The van der Waals surface area contributed by atoms with E-state index in [0.717, 1.165) is 64.2 Å². The minimum atomic E-state index is -0.871. The molecule has 0 aromatic carbocycles. The number of carbonyl (C=O) groups excluding carboxylic acids is 1. The summed E-state index contributed by atoms with van der Waals surface area (Å²) in [4.78, 5) is 12.4. The van der Waals surface area contributed by atoms with E-state index < -0.39 is 12.1 Å². The molecule has 62 heavy (non-hydrogen) atoms. The lowest BCUT2D eigenvalue weighted by Crippen LogP contribution is -2.45. The molecule has 0 aliphatic rings. The Morgan fingerprint density at radius 1 is 0.403 bits per heavy atom. The van der Waals surface area contributed by atoms with Crippen molar-refractivity contribution in [2.24, 2.45) is 0 Å². The van der Waals surface area contributed by atoms with Gasteiger partial charge in [0.15, 0.2) is 0 Å². The summed E-state index contributed by atoms with van der Waals surface area (Å²) in [5.74, 6) is -0.0825. The number of nitrogens with one attached hydrogen (secondary N) is 1. The number of unbranched alkanes of at least 4 members (excludes halogenated alkanes) is 32. The molecule has 0 aromatic heterocycles. The molecule has 0 rings (SSSR count). The van der Waals surface area contributed by atoms with Crippen molar-refractivity contribution in [2.45, 2.75) is 283 Å². The van der Waals surface area contributed by atoms with Crippen LogP contribution in [-0.4, -0.2) is 34.9 Å². The van der Waals surface area contributed by atoms with Crippen LogP contribution in [0, 0.1) is 0 Å². The Morgan fingerprint density at radius 3 is 1.13 bits per heavy atom. The number of aliphatic hydroxyl groups is 2. The van der Waals surface area contributed by atoms with Crippen molar-refractivity contribution >= 4 is 5.91 Å². The topological polar surface area (TPSA) is 69.6 Å². The van der Waals surface area contributed by atoms with Crippen LogP contribution in [0.3, 0.4) is 0 Å². The number of allylic oxidation sites excluding steroid dienone is 11. The Kier molecular flexibility index (Phi) is 51.3. The van der Waals surface area contributed by atoms with Gasteiger partial charge in [0.2, 0.25) is 5.91 Å². The van der Waals surface area contributed by atoms with Crippen LogP contribution in [0.1, 0.15) is 271 Å². The largest absolute Gasteiger partial charge is 0.394 e. The SMILES string of the molecule is CC/C=C\C/C=C\C/C=C\C/C=C\CCCCCCCCCCC(=O)NC(CO)C(O)/C=C/CC/C=C/CCCCCCCCCCCCCCCCCCCCCCCCC. The van der Waals surface area contributed by atoms with Gasteiger partial charge in [0.1, 0.15) is 0 Å². The number of aliphatic hydroxyl groups excluding tert-OH is 2. The quantitative estimate of drug-likeness (QED) is 0.0421. The maximum absolute atomic E-state index is 12.4. The maximum Gasteiger partial charge on any atom is 0.220 e. The zero-order valence-electron chi connectivity index (χ0n) is 41.4. The van der Waals surface area contributed by atoms with Gasteiger partial charge < -0.3 is 15.5 Å². The number of carbonyl (C=O) groups is 1. The van der Waals surface area contributed by atoms with Crippen LogP contribution in [0.25, 0.3) is 0 Å². The molecule has 0 aliphatic heterocycles. The molecule has 0 aromatic rings. The van der Waals surface area contributed by atoms with E-state index in [0.29, 0.717) is 6.42 Å². The lowest BCUT2D eigenvalue weighted by atomic mass is 10.0. The normalized spacial score (nSPS) is 13.4. The molecular formula is C58H105NO3. The average Bonchev–Trinajstić information content (AvgIpc) is 3.28. The molecule has 0 radical (unpaired) electrons. The van der Waals surface area contributed by atoms with Crippen LogP contribution >= 0.6 is 0 Å². The molecule has 4 heteroatoms. The molecule has 360 valence electrons. The van der Waals surface area contributed by atoms with Gasteiger partial charge in [-0.25, -0.2) is 0 Å². The summed E-state index contributed by atoms with van der Waals surface area (Å²) >= 11 is 0. The Balaban J connectivity index is 3.56. The Hall–Kier alpha value is -2.17. The van der Waals surface area contributed by atoms with Crippen LogP contribution in [-0.2, 0) is 4.79 Å². The number of rotatable bonds is 49. The molecule has 0 heterocycles. The van der Waals surface area contributed by atoms with Crippen LogP contribution in [0.5, 0.6) is 0 Å². The number of hydrogen-bond donors (Lipinski definition) is 3. The Morgan fingerprint density at radius 2 is 0.726 bits per heavy atom. The van der Waals surface area contributed by atoms with E-state index in [1.807, 2.05) is 6.08 Å². The minimum Gasteiger partial charge on any atom is -0.394 e. The van der Waals surface area contributed by atoms with Crippen molar-refractivity contribution in [3.05, 3.63) is 72.9 Å². The van der Waals surface area contributed by atoms with Gasteiger partial charge in [-0.3, -0.25) is 4.79 Å². The zero-order valence-corrected chi connectivity index (χ0v) is 41.4. The first-order chi connectivity index (χ1) is 30.7. The Bertz CT molecular complexity index is 1070. The van der Waals surface area contributed by atoms with Gasteiger partial charge in [0.05, 0.1) is 18.8 Å². The van der Waals surface area contributed by atoms with Crippen molar-refractivity contribution in [1.82, 2.24) is 5.32 Å². The number of hydrogen-bond acceptors (Lipinski definition) is 3. The second kappa shape index (κ2) is 53.2. The molecule has 3 N–H and O–H groups in total. The van der Waals surface area contributed by atoms with Gasteiger partial charge in [-0.2, -0.15) is 0 Å². The van der Waals surface area contributed by atoms with E-state index in [2.05, 4.69) is 79.9 Å². The molecule has 0 saturated carbocycles. The third kappa shape index (κ3) is 48.9. The first kappa shape index (κ1) is 59.8. The molecule has 1 amide bonds. The van der Waals surface area contributed by atoms with Gasteiger partial charge in [-0.1, -0.05) is 267 Å². The molecule has 0 bridgehead atoms. The lowest BCUT2D eigenvalue weighted by molar-refractivity contribution is -0.123. The summed E-state index contributed by atoms with van der Waals surface area (Å²) in [7, 11) is 0. The second-order valence-corrected chi connectivity index (χ2v) is 18.3. The summed E-state index contributed by atoms with van der Waals surface area (Å²) < 4.78 is 0. The van der Waals surface area contributed by atoms with Crippen LogP contribution in [0.2, 0.25) is 0 Å². The molecule has 2 atom stereocenters. The van der Waals surface area contributed by atoms with E-state index >= 15 is 0 Å². The molecule has 0 aliphatic carbocycles. The van der Waals surface area contributed by atoms with Crippen molar-refractivity contribution in [1.29, 1.82) is 0 Å². The molecule has 0 spiro atoms. The van der Waals surface area contributed by atoms with Crippen molar-refractivity contribution < 1.29 is 15.0 Å². The van der Waals surface area contributed by atoms with Gasteiger partial charge >= 0.3 is 0 Å². The van der Waals surface area contributed by atoms with Crippen LogP contribution in [0.4, 0.5) is 0 Å². The van der Waals surface area contributed by atoms with E-state index in [1.54, 1.807) is 6.08 Å². The minimum absolute atomic E-state index is 0.0825. The standard InChI is InChI=1S/C58H105NO3/c1-3-5-7-9-11-13-15-17-19-21-23-25-26-27-28-29-30-31-32-34-35-37-39-41-43-45-47-49-51-53-57(61)56(55-60)59-58(62)54-52-50-48-46-44-42-40-38-36-33-24-22-20-18-16-14-12-10-8-6-4-2/h6,8,12,14,18,20,24,33,43,45,51,53,56-57,60-61H,3-5,7,9-11,13,15-17,19,21-23,25-32,34-42,44,46-50,52,54-55H2,1-2H3,(H,59,62)/b8-6-,14-12-,20-18-,33-24-,45-43+,53-51+. The van der Waals surface area contributed by atoms with Gasteiger partial charge in [-0.05, 0) is 70.6 Å². The second-order valence-electron chi connectivity index (χ2n) is 18.3. The summed E-state index contributed by atoms with van der Waals surface area (Å²) in [5.41, 5.74) is 0. The molecule has 0 saturated heterocycles. The highest BCUT2D eigenvalue weighted by Gasteiger charge is 2.17. The van der Waals surface area contributed by atoms with Gasteiger partial charge in [-0.15, -0.1) is 0 Å². The zero-order chi connectivity index (χ0) is 44.9. The van der Waals surface area contributed by atoms with E-state index in [9.17, 15) is 15.0 Å². The van der Waals surface area contributed by atoms with E-state index in [1.165, 1.54) is 186 Å². The first-order valence-electron chi connectivity index (χ1n) is 27.2. The molecule has 0 fully saturated rings. The fraction of sp³-hybridized carbons (Fsp3) is 0.776. The van der Waals surface area contributed by atoms with Crippen molar-refractivity contribution in [3.63, 3.8) is 0 Å². The maximum atomic E-state index is 12.4. The van der Waals surface area contributed by atoms with Crippen LogP contribution < -0.4 is 5.32 Å². The molecule has 2 unspecified atom stereocenters. The predicted molar refractivity (Wildman–Crippen MR) is 276 cm³/mol. The van der Waals surface area contributed by atoms with E-state index in [-0.39, 0.29) is 12.5 Å². The molecular weight excluding hydrogens is 759 g/mol. The van der Waals surface area contributed by atoms with Gasteiger partial charge in [0, 0.05) is 6.42 Å². The summed E-state index contributed by atoms with van der Waals surface area (Å²) in [6.07, 6.45) is 76.3. The number of amides is 1. The Labute approximate surface area is 387 Å². The highest BCUT2D eigenvalue weighted by atomic mass is 16.3. The monoisotopic (exact) mass is 864 g/mol. The summed E-state index contributed by atoms with van der Waals surface area (Å²) in [5, 5.41) is 23.1. The fourth-order valence-electron chi connectivity index (χ4n) is 8.07. The smallest absolute Gasteiger partial charge is 0.220 e. The van der Waals surface area contributed by atoms with Gasteiger partial charge in [0.25, 0.3) is 0 Å². The highest BCUT2D eigenvalue weighted by Crippen LogP contribution is 2.16. The fourth-order valence-corrected chi connectivity index (χ4v) is 8.07. The van der Waals surface area contributed by atoms with Crippen molar-refractivity contribution in [2.75, 3.05) is 6.61 Å². The van der Waals surface area contributed by atoms with E-state index in [4.69, 9.17) is 0 Å². The van der Waals surface area contributed by atoms with Crippen molar-refractivity contribution in [3.8, 4) is 0 Å². The lowest BCUT2D eigenvalue weighted by Gasteiger charge is -2.19. The third-order valence-electron chi connectivity index (χ3n) is 12.2. The third-order valence-corrected chi connectivity index (χ3v) is 12.2. The molecule has 4 nitrogen and oxygen atoms in total. The first-order valence-corrected chi connectivity index (χ1v) is 27.2. The van der Waals surface area contributed by atoms with Crippen LogP contribution in [0.15, 0.2) is 72.9 Å². The summed E-state index contributed by atoms with van der Waals surface area (Å²) in [6, 6.07) is -0.648.